The first kappa shape index (κ1) is 17.6. The number of nitrogens with zero attached hydrogens (tertiary/aromatic N) is 2. The summed E-state index contributed by atoms with van der Waals surface area (Å²) >= 11 is 0. The fraction of sp³-hybridized carbons (Fsp3) is 0.273. The van der Waals surface area contributed by atoms with Gasteiger partial charge in [-0.2, -0.15) is 0 Å². The quantitative estimate of drug-likeness (QED) is 0.641. The van der Waals surface area contributed by atoms with E-state index in [1.807, 2.05) is 24.3 Å². The molecule has 5 amide bonds. The van der Waals surface area contributed by atoms with Crippen molar-refractivity contribution in [2.45, 2.75) is 24.8 Å². The van der Waals surface area contributed by atoms with Crippen molar-refractivity contribution < 1.29 is 19.2 Å². The Kier molecular flexibility index (Phi) is 3.81. The first-order valence-corrected chi connectivity index (χ1v) is 9.71. The molecule has 1 N–H and O–H groups in total. The minimum Gasteiger partial charge on any atom is -0.319 e. The van der Waals surface area contributed by atoms with Crippen molar-refractivity contribution >= 4 is 23.8 Å². The molecule has 3 aliphatic rings. The second-order valence-corrected chi connectivity index (χ2v) is 7.61. The number of hydrogen-bond donors (Lipinski definition) is 1. The van der Waals surface area contributed by atoms with Gasteiger partial charge in [0.1, 0.15) is 5.54 Å². The van der Waals surface area contributed by atoms with Crippen molar-refractivity contribution in [1.29, 1.82) is 0 Å². The molecule has 7 heteroatoms. The van der Waals surface area contributed by atoms with E-state index in [1.54, 1.807) is 24.3 Å². The number of urea groups is 1. The number of fused-ring (bicyclic) bond motifs is 3. The molecular weight excluding hydrogens is 370 g/mol. The average molecular weight is 389 g/mol. The van der Waals surface area contributed by atoms with Crippen LogP contribution in [0.1, 0.15) is 44.7 Å². The van der Waals surface area contributed by atoms with E-state index in [0.717, 1.165) is 17.5 Å². The summed E-state index contributed by atoms with van der Waals surface area (Å²) in [7, 11) is 0. The van der Waals surface area contributed by atoms with E-state index in [0.29, 0.717) is 24.0 Å². The topological polar surface area (TPSA) is 86.8 Å². The normalized spacial score (nSPS) is 22.5. The standard InChI is InChI=1S/C22H19N3O4/c26-18-15-7-2-3-8-16(15)19(27)24(18)12-5-13-25-20(28)22(23-21(25)29)11-10-14-6-1-4-9-17(14)22/h1-4,6-9H,5,10-13H2,(H,23,29). The summed E-state index contributed by atoms with van der Waals surface area (Å²) in [5.41, 5.74) is 1.75. The SMILES string of the molecule is O=C1NC2(CCc3ccccc32)C(=O)N1CCCN1C(=O)c2ccccc2C1=O. The van der Waals surface area contributed by atoms with Gasteiger partial charge in [0.2, 0.25) is 0 Å². The van der Waals surface area contributed by atoms with E-state index < -0.39 is 11.6 Å². The molecule has 5 rings (SSSR count). The van der Waals surface area contributed by atoms with Gasteiger partial charge < -0.3 is 5.32 Å². The van der Waals surface area contributed by atoms with Crippen LogP contribution in [0.5, 0.6) is 0 Å². The van der Waals surface area contributed by atoms with Crippen LogP contribution in [0.15, 0.2) is 48.5 Å². The summed E-state index contributed by atoms with van der Waals surface area (Å²) < 4.78 is 0. The maximum absolute atomic E-state index is 13.1. The smallest absolute Gasteiger partial charge is 0.319 e. The molecule has 0 radical (unpaired) electrons. The van der Waals surface area contributed by atoms with E-state index >= 15 is 0 Å². The van der Waals surface area contributed by atoms with Crippen molar-refractivity contribution in [2.75, 3.05) is 13.1 Å². The third kappa shape index (κ3) is 2.43. The van der Waals surface area contributed by atoms with Crippen LogP contribution in [-0.4, -0.2) is 46.6 Å². The molecule has 7 nitrogen and oxygen atoms in total. The van der Waals surface area contributed by atoms with Gasteiger partial charge in [-0.25, -0.2) is 4.79 Å². The van der Waals surface area contributed by atoms with Gasteiger partial charge in [-0.1, -0.05) is 36.4 Å². The summed E-state index contributed by atoms with van der Waals surface area (Å²) in [5.74, 6) is -0.914. The van der Waals surface area contributed by atoms with Crippen LogP contribution in [0.25, 0.3) is 0 Å². The van der Waals surface area contributed by atoms with Crippen LogP contribution < -0.4 is 5.32 Å². The van der Waals surface area contributed by atoms with E-state index in [1.165, 1.54) is 9.80 Å². The summed E-state index contributed by atoms with van der Waals surface area (Å²) in [4.78, 5) is 53.0. The molecule has 1 spiro atoms. The lowest BCUT2D eigenvalue weighted by Crippen LogP contribution is -2.42. The molecule has 2 aromatic rings. The number of carbonyl (C=O) groups excluding carboxylic acids is 4. The number of aryl methyl sites for hydroxylation is 1. The Labute approximate surface area is 167 Å². The largest absolute Gasteiger partial charge is 0.325 e. The van der Waals surface area contributed by atoms with E-state index in [4.69, 9.17) is 0 Å². The van der Waals surface area contributed by atoms with E-state index in [9.17, 15) is 19.2 Å². The van der Waals surface area contributed by atoms with Gasteiger partial charge in [-0.3, -0.25) is 24.2 Å². The van der Waals surface area contributed by atoms with Crippen molar-refractivity contribution in [3.05, 3.63) is 70.8 Å². The molecule has 1 atom stereocenters. The van der Waals surface area contributed by atoms with Crippen molar-refractivity contribution in [3.63, 3.8) is 0 Å². The summed E-state index contributed by atoms with van der Waals surface area (Å²) in [6.45, 7) is 0.314. The highest BCUT2D eigenvalue weighted by Gasteiger charge is 2.55. The Morgan fingerprint density at radius 2 is 1.45 bits per heavy atom. The summed E-state index contributed by atoms with van der Waals surface area (Å²) in [6, 6.07) is 14.0. The van der Waals surface area contributed by atoms with E-state index in [2.05, 4.69) is 5.32 Å². The highest BCUT2D eigenvalue weighted by molar-refractivity contribution is 6.21. The van der Waals surface area contributed by atoms with Gasteiger partial charge >= 0.3 is 6.03 Å². The van der Waals surface area contributed by atoms with Gasteiger partial charge in [-0.05, 0) is 42.5 Å². The number of imide groups is 2. The second kappa shape index (κ2) is 6.27. The van der Waals surface area contributed by atoms with Gasteiger partial charge in [0, 0.05) is 13.1 Å². The van der Waals surface area contributed by atoms with Crippen LogP contribution in [0, 0.1) is 0 Å². The first-order valence-electron chi connectivity index (χ1n) is 9.71. The zero-order valence-corrected chi connectivity index (χ0v) is 15.7. The number of benzene rings is 2. The number of hydrogen-bond acceptors (Lipinski definition) is 4. The lowest BCUT2D eigenvalue weighted by atomic mass is 9.92. The van der Waals surface area contributed by atoms with Crippen LogP contribution in [0.4, 0.5) is 4.79 Å². The third-order valence-corrected chi connectivity index (χ3v) is 6.06. The van der Waals surface area contributed by atoms with Crippen LogP contribution in [-0.2, 0) is 16.8 Å². The molecule has 2 aliphatic heterocycles. The lowest BCUT2D eigenvalue weighted by Gasteiger charge is -2.22. The summed E-state index contributed by atoms with van der Waals surface area (Å²) in [5, 5.41) is 2.89. The average Bonchev–Trinajstić information content (AvgIpc) is 3.31. The predicted octanol–water partition coefficient (Wildman–Crippen LogP) is 2.07. The number of carbonyl (C=O) groups is 4. The van der Waals surface area contributed by atoms with Crippen molar-refractivity contribution in [1.82, 2.24) is 15.1 Å². The summed E-state index contributed by atoms with van der Waals surface area (Å²) in [6.07, 6.45) is 1.62. The molecule has 146 valence electrons. The highest BCUT2D eigenvalue weighted by Crippen LogP contribution is 2.41. The molecular formula is C22H19N3O4. The Morgan fingerprint density at radius 1 is 0.828 bits per heavy atom. The monoisotopic (exact) mass is 389 g/mol. The predicted molar refractivity (Wildman–Crippen MR) is 103 cm³/mol. The molecule has 29 heavy (non-hydrogen) atoms. The third-order valence-electron chi connectivity index (χ3n) is 6.06. The fourth-order valence-electron chi connectivity index (χ4n) is 4.62. The van der Waals surface area contributed by atoms with Gasteiger partial charge in [-0.15, -0.1) is 0 Å². The minimum absolute atomic E-state index is 0.155. The van der Waals surface area contributed by atoms with Crippen LogP contribution in [0.3, 0.4) is 0 Å². The Hall–Kier alpha value is -3.48. The maximum Gasteiger partial charge on any atom is 0.325 e. The zero-order chi connectivity index (χ0) is 20.2. The van der Waals surface area contributed by atoms with Gasteiger partial charge in [0.05, 0.1) is 11.1 Å². The molecule has 1 aliphatic carbocycles. The van der Waals surface area contributed by atoms with Gasteiger partial charge in [0.25, 0.3) is 17.7 Å². The molecule has 1 fully saturated rings. The molecule has 2 aromatic carbocycles. The Balaban J connectivity index is 1.28. The molecule has 0 saturated carbocycles. The molecule has 1 saturated heterocycles. The number of amides is 5. The zero-order valence-electron chi connectivity index (χ0n) is 15.7. The first-order chi connectivity index (χ1) is 14.0. The number of nitrogens with one attached hydrogen (secondary N) is 1. The fourth-order valence-corrected chi connectivity index (χ4v) is 4.62. The molecule has 1 unspecified atom stereocenters. The molecule has 2 heterocycles. The Bertz CT molecular complexity index is 1040. The van der Waals surface area contributed by atoms with Crippen molar-refractivity contribution in [3.8, 4) is 0 Å². The van der Waals surface area contributed by atoms with Gasteiger partial charge in [0.15, 0.2) is 0 Å². The molecule has 0 bridgehead atoms. The number of rotatable bonds is 4. The van der Waals surface area contributed by atoms with Crippen molar-refractivity contribution in [2.24, 2.45) is 0 Å². The lowest BCUT2D eigenvalue weighted by molar-refractivity contribution is -0.131. The second-order valence-electron chi connectivity index (χ2n) is 7.61. The minimum atomic E-state index is -0.983. The van der Waals surface area contributed by atoms with Crippen LogP contribution in [0.2, 0.25) is 0 Å². The molecule has 0 aromatic heterocycles. The maximum atomic E-state index is 13.1. The highest BCUT2D eigenvalue weighted by atomic mass is 16.2. The van der Waals surface area contributed by atoms with Crippen LogP contribution >= 0.6 is 0 Å². The van der Waals surface area contributed by atoms with E-state index in [-0.39, 0.29) is 30.8 Å². The Morgan fingerprint density at radius 3 is 2.17 bits per heavy atom.